The summed E-state index contributed by atoms with van der Waals surface area (Å²) in [6.45, 7) is 5.56. The third-order valence-corrected chi connectivity index (χ3v) is 6.16. The van der Waals surface area contributed by atoms with Gasteiger partial charge >= 0.3 is 0 Å². The summed E-state index contributed by atoms with van der Waals surface area (Å²) in [5, 5.41) is 18.4. The topological polar surface area (TPSA) is 116 Å². The minimum absolute atomic E-state index is 0.0369. The summed E-state index contributed by atoms with van der Waals surface area (Å²) in [5.41, 5.74) is 0.915. The maximum Gasteiger partial charge on any atom is 0.290 e. The molecule has 3 fully saturated rings. The second-order valence-electron chi connectivity index (χ2n) is 8.06. The Morgan fingerprint density at radius 2 is 2.03 bits per heavy atom. The minimum atomic E-state index is -0.250. The summed E-state index contributed by atoms with van der Waals surface area (Å²) in [6.07, 6.45) is 3.79. The van der Waals surface area contributed by atoms with Crippen LogP contribution < -0.4 is 10.2 Å². The third kappa shape index (κ3) is 4.65. The molecule has 0 saturated carbocycles. The van der Waals surface area contributed by atoms with Gasteiger partial charge in [0.15, 0.2) is 5.82 Å². The fraction of sp³-hybridized carbons (Fsp3) is 0.650. The van der Waals surface area contributed by atoms with Crippen LogP contribution in [0.2, 0.25) is 0 Å². The van der Waals surface area contributed by atoms with Crippen LogP contribution in [0.25, 0.3) is 0 Å². The molecular formula is C20H29N5O4. The van der Waals surface area contributed by atoms with Gasteiger partial charge in [-0.05, 0) is 50.2 Å². The Bertz CT molecular complexity index is 741. The summed E-state index contributed by atoms with van der Waals surface area (Å²) in [7, 11) is 0. The summed E-state index contributed by atoms with van der Waals surface area (Å²) < 4.78 is 0. The van der Waals surface area contributed by atoms with E-state index in [1.165, 1.54) is 6.92 Å². The van der Waals surface area contributed by atoms with Crippen molar-refractivity contribution in [3.05, 3.63) is 17.8 Å². The average Bonchev–Trinajstić information content (AvgIpc) is 2.69. The highest BCUT2D eigenvalue weighted by molar-refractivity contribution is 5.78. The van der Waals surface area contributed by atoms with Crippen molar-refractivity contribution in [2.75, 3.05) is 24.5 Å². The second kappa shape index (κ2) is 9.19. The van der Waals surface area contributed by atoms with Crippen molar-refractivity contribution in [2.45, 2.75) is 51.6 Å². The van der Waals surface area contributed by atoms with E-state index in [-0.39, 0.29) is 30.4 Å². The molecule has 2 N–H and O–H groups in total. The van der Waals surface area contributed by atoms with E-state index in [2.05, 4.69) is 25.3 Å². The molecule has 29 heavy (non-hydrogen) atoms. The lowest BCUT2D eigenvalue weighted by Gasteiger charge is -2.56. The van der Waals surface area contributed by atoms with Gasteiger partial charge < -0.3 is 20.2 Å². The van der Waals surface area contributed by atoms with Gasteiger partial charge in [-0.25, -0.2) is 0 Å². The summed E-state index contributed by atoms with van der Waals surface area (Å²) in [6, 6.07) is 4.40. The Kier molecular flexibility index (Phi) is 6.66. The highest BCUT2D eigenvalue weighted by atomic mass is 16.3. The molecule has 0 unspecified atom stereocenters. The van der Waals surface area contributed by atoms with Crippen LogP contribution in [0.1, 0.15) is 38.3 Å². The zero-order chi connectivity index (χ0) is 21.0. The largest absolute Gasteiger partial charge is 0.483 e. The monoisotopic (exact) mass is 403 g/mol. The Morgan fingerprint density at radius 3 is 2.69 bits per heavy atom. The van der Waals surface area contributed by atoms with Crippen molar-refractivity contribution in [1.82, 2.24) is 20.4 Å². The standard InChI is InChI=1S/C19H27N5O2.CH2O2/c1-12-6-7-18(22-21-12)23-10-14-8-15(11-23)17(9-20-13(2)25)24-16(14)4-3-5-19(24)26;2-1-3/h6-7,14-17H,3-5,8-11H2,1-2H3,(H,20,25);1H,(H,2,3)/t14-,15+,16+,17+;/m1./s1. The zero-order valence-corrected chi connectivity index (χ0v) is 17.0. The number of carbonyl (C=O) groups is 3. The number of aromatic nitrogens is 2. The third-order valence-electron chi connectivity index (χ3n) is 6.16. The van der Waals surface area contributed by atoms with Crippen molar-refractivity contribution in [3.8, 4) is 0 Å². The molecular weight excluding hydrogens is 374 g/mol. The number of nitrogens with one attached hydrogen (secondary N) is 1. The van der Waals surface area contributed by atoms with Crippen LogP contribution in [0.3, 0.4) is 0 Å². The zero-order valence-electron chi connectivity index (χ0n) is 17.0. The normalized spacial score (nSPS) is 28.0. The van der Waals surface area contributed by atoms with E-state index in [0.29, 0.717) is 24.8 Å². The van der Waals surface area contributed by atoms with E-state index in [9.17, 15) is 9.59 Å². The molecule has 3 aliphatic heterocycles. The van der Waals surface area contributed by atoms with E-state index < -0.39 is 0 Å². The molecule has 9 heteroatoms. The fourth-order valence-corrected chi connectivity index (χ4v) is 5.03. The maximum absolute atomic E-state index is 12.7. The van der Waals surface area contributed by atoms with Crippen LogP contribution in [0.5, 0.6) is 0 Å². The minimum Gasteiger partial charge on any atom is -0.483 e. The molecule has 0 spiro atoms. The number of amides is 2. The summed E-state index contributed by atoms with van der Waals surface area (Å²) in [4.78, 5) is 37.0. The van der Waals surface area contributed by atoms with Gasteiger partial charge in [0, 0.05) is 39.0 Å². The van der Waals surface area contributed by atoms with Gasteiger partial charge in [0.25, 0.3) is 6.47 Å². The van der Waals surface area contributed by atoms with Crippen molar-refractivity contribution in [2.24, 2.45) is 11.8 Å². The number of nitrogens with zero attached hydrogens (tertiary/aromatic N) is 4. The van der Waals surface area contributed by atoms with Crippen molar-refractivity contribution < 1.29 is 19.5 Å². The fourth-order valence-electron chi connectivity index (χ4n) is 5.03. The summed E-state index contributed by atoms with van der Waals surface area (Å²) in [5.74, 6) is 1.95. The molecule has 9 nitrogen and oxygen atoms in total. The number of hydrogen-bond donors (Lipinski definition) is 2. The van der Waals surface area contributed by atoms with Gasteiger partial charge in [0.05, 0.1) is 11.7 Å². The van der Waals surface area contributed by atoms with Crippen LogP contribution in [-0.4, -0.2) is 70.2 Å². The molecule has 1 aromatic rings. The number of piperidine rings is 3. The number of fused-ring (bicyclic) bond motifs is 4. The van der Waals surface area contributed by atoms with E-state index in [1.807, 2.05) is 19.1 Å². The van der Waals surface area contributed by atoms with Crippen molar-refractivity contribution >= 4 is 24.1 Å². The second-order valence-corrected chi connectivity index (χ2v) is 8.06. The maximum atomic E-state index is 12.7. The predicted octanol–water partition coefficient (Wildman–Crippen LogP) is 0.828. The van der Waals surface area contributed by atoms with Crippen LogP contribution >= 0.6 is 0 Å². The molecule has 2 bridgehead atoms. The first kappa shape index (κ1) is 21.0. The van der Waals surface area contributed by atoms with Gasteiger partial charge in [0.1, 0.15) is 0 Å². The Balaban J connectivity index is 0.000000755. The molecule has 1 aromatic heterocycles. The molecule has 0 aromatic carbocycles. The molecule has 4 heterocycles. The van der Waals surface area contributed by atoms with Gasteiger partial charge in [-0.3, -0.25) is 14.4 Å². The lowest BCUT2D eigenvalue weighted by Crippen LogP contribution is -2.67. The van der Waals surface area contributed by atoms with Crippen molar-refractivity contribution in [1.29, 1.82) is 0 Å². The van der Waals surface area contributed by atoms with Crippen LogP contribution in [0.15, 0.2) is 12.1 Å². The lowest BCUT2D eigenvalue weighted by molar-refractivity contribution is -0.149. The number of hydrogen-bond acceptors (Lipinski definition) is 6. The molecule has 0 radical (unpaired) electrons. The summed E-state index contributed by atoms with van der Waals surface area (Å²) >= 11 is 0. The average molecular weight is 403 g/mol. The Morgan fingerprint density at radius 1 is 1.31 bits per heavy atom. The molecule has 4 rings (SSSR count). The van der Waals surface area contributed by atoms with Gasteiger partial charge in [-0.2, -0.15) is 5.10 Å². The molecule has 3 saturated heterocycles. The van der Waals surface area contributed by atoms with Crippen LogP contribution in [0, 0.1) is 18.8 Å². The van der Waals surface area contributed by atoms with Gasteiger partial charge in [0.2, 0.25) is 11.8 Å². The molecule has 158 valence electrons. The SMILES string of the molecule is CC(=O)NC[C@H]1[C@H]2C[C@H](CN(c3ccc(C)nn3)C2)[C@@H]2CCCC(=O)N21.O=CO. The number of rotatable bonds is 3. The van der Waals surface area contributed by atoms with E-state index in [0.717, 1.165) is 43.9 Å². The van der Waals surface area contributed by atoms with Crippen LogP contribution in [0.4, 0.5) is 5.82 Å². The van der Waals surface area contributed by atoms with Gasteiger partial charge in [-0.15, -0.1) is 5.10 Å². The number of carbonyl (C=O) groups excluding carboxylic acids is 2. The first-order valence-electron chi connectivity index (χ1n) is 10.1. The number of anilines is 1. The highest BCUT2D eigenvalue weighted by Gasteiger charge is 2.49. The van der Waals surface area contributed by atoms with E-state index >= 15 is 0 Å². The Hall–Kier alpha value is -2.71. The first-order valence-corrected chi connectivity index (χ1v) is 10.1. The number of carboxylic acid groups (broad SMARTS) is 1. The van der Waals surface area contributed by atoms with E-state index in [1.54, 1.807) is 0 Å². The van der Waals surface area contributed by atoms with Crippen molar-refractivity contribution in [3.63, 3.8) is 0 Å². The van der Waals surface area contributed by atoms with Gasteiger partial charge in [-0.1, -0.05) is 0 Å². The van der Waals surface area contributed by atoms with E-state index in [4.69, 9.17) is 9.90 Å². The first-order chi connectivity index (χ1) is 13.9. The molecule has 0 aliphatic carbocycles. The van der Waals surface area contributed by atoms with Crippen LogP contribution in [-0.2, 0) is 14.4 Å². The smallest absolute Gasteiger partial charge is 0.290 e. The molecule has 3 aliphatic rings. The quantitative estimate of drug-likeness (QED) is 0.718. The highest BCUT2D eigenvalue weighted by Crippen LogP contribution is 2.42. The molecule has 4 atom stereocenters. The molecule has 2 amide bonds. The number of aryl methyl sites for hydroxylation is 1. The lowest BCUT2D eigenvalue weighted by atomic mass is 9.72. The predicted molar refractivity (Wildman–Crippen MR) is 106 cm³/mol. The Labute approximate surface area is 170 Å².